The summed E-state index contributed by atoms with van der Waals surface area (Å²) >= 11 is 0. The molecule has 134 valence electrons. The Balaban J connectivity index is 1.55. The number of carbonyl (C=O) groups is 3. The summed E-state index contributed by atoms with van der Waals surface area (Å²) in [4.78, 5) is 37.6. The number of likely N-dealkylation sites (N-methyl/N-ethyl adjacent to an activating group) is 1. The largest absolute Gasteiger partial charge is 0.452 e. The van der Waals surface area contributed by atoms with E-state index < -0.39 is 5.97 Å². The highest BCUT2D eigenvalue weighted by molar-refractivity contribution is 5.96. The molecule has 1 aromatic carbocycles. The SMILES string of the molecule is CN(C(=O)COC(=O)c1ccc2c(c1)CCC(=O)N2)C1CCCCC1. The number of rotatable bonds is 4. The number of ether oxygens (including phenoxy) is 1. The molecule has 0 atom stereocenters. The summed E-state index contributed by atoms with van der Waals surface area (Å²) < 4.78 is 5.20. The van der Waals surface area contributed by atoms with Crippen LogP contribution >= 0.6 is 0 Å². The minimum absolute atomic E-state index is 0.0147. The van der Waals surface area contributed by atoms with E-state index in [1.165, 1.54) is 6.42 Å². The van der Waals surface area contributed by atoms with Crippen LogP contribution < -0.4 is 5.32 Å². The zero-order valence-electron chi connectivity index (χ0n) is 14.5. The van der Waals surface area contributed by atoms with Crippen molar-refractivity contribution in [2.45, 2.75) is 51.0 Å². The van der Waals surface area contributed by atoms with Gasteiger partial charge >= 0.3 is 5.97 Å². The van der Waals surface area contributed by atoms with Gasteiger partial charge in [-0.25, -0.2) is 4.79 Å². The summed E-state index contributed by atoms with van der Waals surface area (Å²) in [5.41, 5.74) is 2.06. The van der Waals surface area contributed by atoms with Gasteiger partial charge in [-0.05, 0) is 43.0 Å². The van der Waals surface area contributed by atoms with Gasteiger partial charge in [-0.3, -0.25) is 9.59 Å². The molecule has 0 saturated heterocycles. The summed E-state index contributed by atoms with van der Waals surface area (Å²) in [5, 5.41) is 2.78. The van der Waals surface area contributed by atoms with Gasteiger partial charge in [-0.1, -0.05) is 19.3 Å². The van der Waals surface area contributed by atoms with Gasteiger partial charge in [-0.2, -0.15) is 0 Å². The molecule has 0 bridgehead atoms. The third-order valence-corrected chi connectivity index (χ3v) is 5.08. The van der Waals surface area contributed by atoms with Crippen LogP contribution in [-0.4, -0.2) is 42.4 Å². The number of amides is 2. The third kappa shape index (κ3) is 4.18. The van der Waals surface area contributed by atoms with Gasteiger partial charge in [0.15, 0.2) is 6.61 Å². The lowest BCUT2D eigenvalue weighted by atomic mass is 9.94. The van der Waals surface area contributed by atoms with Crippen LogP contribution in [0.1, 0.15) is 54.4 Å². The van der Waals surface area contributed by atoms with E-state index >= 15 is 0 Å². The second-order valence-corrected chi connectivity index (χ2v) is 6.79. The fourth-order valence-electron chi connectivity index (χ4n) is 3.49. The van der Waals surface area contributed by atoms with Crippen molar-refractivity contribution in [3.8, 4) is 0 Å². The van der Waals surface area contributed by atoms with Gasteiger partial charge in [0.1, 0.15) is 0 Å². The van der Waals surface area contributed by atoms with Gasteiger partial charge in [0.2, 0.25) is 5.91 Å². The van der Waals surface area contributed by atoms with Crippen LogP contribution in [0.5, 0.6) is 0 Å². The first-order valence-corrected chi connectivity index (χ1v) is 8.90. The van der Waals surface area contributed by atoms with Crippen LogP contribution in [0.3, 0.4) is 0 Å². The Bertz CT molecular complexity index is 680. The van der Waals surface area contributed by atoms with Gasteiger partial charge < -0.3 is 15.0 Å². The number of nitrogens with one attached hydrogen (secondary N) is 1. The van der Waals surface area contributed by atoms with Gasteiger partial charge in [0.25, 0.3) is 5.91 Å². The van der Waals surface area contributed by atoms with Gasteiger partial charge in [0.05, 0.1) is 5.56 Å². The molecule has 1 saturated carbocycles. The Kier molecular flexibility index (Phi) is 5.36. The van der Waals surface area contributed by atoms with Crippen molar-refractivity contribution in [3.63, 3.8) is 0 Å². The molecule has 1 aliphatic heterocycles. The topological polar surface area (TPSA) is 75.7 Å². The highest BCUT2D eigenvalue weighted by atomic mass is 16.5. The van der Waals surface area contributed by atoms with E-state index in [-0.39, 0.29) is 24.5 Å². The van der Waals surface area contributed by atoms with Crippen molar-refractivity contribution < 1.29 is 19.1 Å². The zero-order valence-corrected chi connectivity index (χ0v) is 14.5. The first-order valence-electron chi connectivity index (χ1n) is 8.90. The smallest absolute Gasteiger partial charge is 0.338 e. The second-order valence-electron chi connectivity index (χ2n) is 6.79. The van der Waals surface area contributed by atoms with Crippen molar-refractivity contribution >= 4 is 23.5 Å². The highest BCUT2D eigenvalue weighted by Crippen LogP contribution is 2.24. The third-order valence-electron chi connectivity index (χ3n) is 5.08. The molecular weight excluding hydrogens is 320 g/mol. The number of carbonyl (C=O) groups excluding carboxylic acids is 3. The van der Waals surface area contributed by atoms with Crippen molar-refractivity contribution in [2.75, 3.05) is 19.0 Å². The minimum Gasteiger partial charge on any atom is -0.452 e. The van der Waals surface area contributed by atoms with Crippen molar-refractivity contribution in [1.29, 1.82) is 0 Å². The van der Waals surface area contributed by atoms with E-state index in [4.69, 9.17) is 4.74 Å². The van der Waals surface area contributed by atoms with Gasteiger partial charge in [-0.15, -0.1) is 0 Å². The average molecular weight is 344 g/mol. The Labute approximate surface area is 147 Å². The number of hydrogen-bond acceptors (Lipinski definition) is 4. The molecule has 3 rings (SSSR count). The number of anilines is 1. The molecule has 6 nitrogen and oxygen atoms in total. The normalized spacial score (nSPS) is 17.4. The van der Waals surface area contributed by atoms with Crippen LogP contribution in [0.25, 0.3) is 0 Å². The lowest BCUT2D eigenvalue weighted by Crippen LogP contribution is -2.40. The maximum absolute atomic E-state index is 12.2. The first kappa shape index (κ1) is 17.5. The number of esters is 1. The molecule has 6 heteroatoms. The van der Waals surface area contributed by atoms with Crippen molar-refractivity contribution in [1.82, 2.24) is 4.90 Å². The lowest BCUT2D eigenvalue weighted by molar-refractivity contribution is -0.135. The van der Waals surface area contributed by atoms with Crippen molar-refractivity contribution in [3.05, 3.63) is 29.3 Å². The molecule has 1 aromatic rings. The van der Waals surface area contributed by atoms with Crippen LogP contribution in [0.2, 0.25) is 0 Å². The molecule has 2 aliphatic rings. The minimum atomic E-state index is -0.509. The number of fused-ring (bicyclic) bond motifs is 1. The average Bonchev–Trinajstić information content (AvgIpc) is 2.65. The summed E-state index contributed by atoms with van der Waals surface area (Å²) in [6.45, 7) is -0.236. The Morgan fingerprint density at radius 2 is 1.96 bits per heavy atom. The van der Waals surface area contributed by atoms with Gasteiger partial charge in [0, 0.05) is 25.2 Å². The zero-order chi connectivity index (χ0) is 17.8. The van der Waals surface area contributed by atoms with E-state index in [2.05, 4.69) is 5.32 Å². The summed E-state index contributed by atoms with van der Waals surface area (Å²) in [5.74, 6) is -0.685. The predicted octanol–water partition coefficient (Wildman–Crippen LogP) is 2.52. The van der Waals surface area contributed by atoms with Crippen LogP contribution in [0, 0.1) is 0 Å². The quantitative estimate of drug-likeness (QED) is 0.852. The molecule has 2 amide bonds. The van der Waals surface area contributed by atoms with E-state index in [1.54, 1.807) is 30.1 Å². The van der Waals surface area contributed by atoms with Crippen LogP contribution in [0.4, 0.5) is 5.69 Å². The Morgan fingerprint density at radius 1 is 1.20 bits per heavy atom. The van der Waals surface area contributed by atoms with E-state index in [1.807, 2.05) is 0 Å². The molecule has 0 aromatic heterocycles. The number of hydrogen-bond donors (Lipinski definition) is 1. The molecule has 0 unspecified atom stereocenters. The fourth-order valence-corrected chi connectivity index (χ4v) is 3.49. The standard InChI is InChI=1S/C19H24N2O4/c1-21(15-5-3-2-4-6-15)18(23)12-25-19(24)14-7-9-16-13(11-14)8-10-17(22)20-16/h7,9,11,15H,2-6,8,10,12H2,1H3,(H,20,22). The van der Waals surface area contributed by atoms with Crippen LogP contribution in [-0.2, 0) is 20.7 Å². The molecule has 25 heavy (non-hydrogen) atoms. The van der Waals surface area contributed by atoms with E-state index in [9.17, 15) is 14.4 Å². The summed E-state index contributed by atoms with van der Waals surface area (Å²) in [6.07, 6.45) is 6.58. The molecule has 0 spiro atoms. The van der Waals surface area contributed by atoms with Crippen LogP contribution in [0.15, 0.2) is 18.2 Å². The molecule has 1 heterocycles. The molecule has 1 N–H and O–H groups in total. The molecular formula is C19H24N2O4. The summed E-state index contributed by atoms with van der Waals surface area (Å²) in [7, 11) is 1.79. The fraction of sp³-hybridized carbons (Fsp3) is 0.526. The van der Waals surface area contributed by atoms with Crippen molar-refractivity contribution in [2.24, 2.45) is 0 Å². The highest BCUT2D eigenvalue weighted by Gasteiger charge is 2.23. The molecule has 1 aliphatic carbocycles. The predicted molar refractivity (Wildman–Crippen MR) is 93.3 cm³/mol. The monoisotopic (exact) mass is 344 g/mol. The number of benzene rings is 1. The molecule has 0 radical (unpaired) electrons. The lowest BCUT2D eigenvalue weighted by Gasteiger charge is -2.31. The summed E-state index contributed by atoms with van der Waals surface area (Å²) in [6, 6.07) is 5.31. The number of nitrogens with zero attached hydrogens (tertiary/aromatic N) is 1. The molecule has 1 fully saturated rings. The van der Waals surface area contributed by atoms with E-state index in [0.29, 0.717) is 18.4 Å². The number of aryl methyl sites for hydroxylation is 1. The van der Waals surface area contributed by atoms with E-state index in [0.717, 1.165) is 36.9 Å². The maximum Gasteiger partial charge on any atom is 0.338 e. The Morgan fingerprint density at radius 3 is 2.72 bits per heavy atom. The maximum atomic E-state index is 12.2. The second kappa shape index (κ2) is 7.68. The first-order chi connectivity index (χ1) is 12.0. The Hall–Kier alpha value is -2.37.